The fraction of sp³-hybridized carbons (Fsp3) is 0.371. The minimum atomic E-state index is -0.838. The predicted molar refractivity (Wildman–Crippen MR) is 166 cm³/mol. The molecule has 0 radical (unpaired) electrons. The van der Waals surface area contributed by atoms with Gasteiger partial charge in [-0.25, -0.2) is 13.2 Å². The van der Waals surface area contributed by atoms with E-state index in [9.17, 15) is 8.78 Å². The van der Waals surface area contributed by atoms with E-state index < -0.39 is 11.6 Å². The van der Waals surface area contributed by atoms with Gasteiger partial charge in [0.25, 0.3) is 0 Å². The molecule has 2 saturated heterocycles. The molecule has 5 rings (SSSR count). The highest BCUT2D eigenvalue weighted by Crippen LogP contribution is 2.36. The summed E-state index contributed by atoms with van der Waals surface area (Å²) >= 11 is 6.17. The molecular formula is C35H40ClF2N3. The van der Waals surface area contributed by atoms with Crippen LogP contribution < -0.4 is 0 Å². The van der Waals surface area contributed by atoms with Crippen molar-refractivity contribution in [2.75, 3.05) is 39.3 Å². The minimum absolute atomic E-state index is 0.0571. The summed E-state index contributed by atoms with van der Waals surface area (Å²) in [6, 6.07) is 21.0. The van der Waals surface area contributed by atoms with Crippen LogP contribution in [0.5, 0.6) is 0 Å². The van der Waals surface area contributed by atoms with Crippen molar-refractivity contribution in [1.29, 1.82) is 0 Å². The van der Waals surface area contributed by atoms with Gasteiger partial charge in [-0.3, -0.25) is 0 Å². The molecule has 41 heavy (non-hydrogen) atoms. The fourth-order valence-electron chi connectivity index (χ4n) is 6.18. The van der Waals surface area contributed by atoms with Crippen molar-refractivity contribution in [1.82, 2.24) is 14.2 Å². The molecule has 0 bridgehead atoms. The van der Waals surface area contributed by atoms with Crippen molar-refractivity contribution >= 4 is 17.5 Å². The Labute approximate surface area is 248 Å². The number of hydrogen-bond acceptors (Lipinski definition) is 3. The number of benzene rings is 3. The zero-order chi connectivity index (χ0) is 29.1. The Bertz CT molecular complexity index is 1410. The Morgan fingerprint density at radius 1 is 0.854 bits per heavy atom. The van der Waals surface area contributed by atoms with Crippen LogP contribution in [0.3, 0.4) is 0 Å². The molecule has 2 heterocycles. The SMILES string of the molecule is C=C(c1cccc(-c2ccc(F)c(F)c2)c1)N1CCCC(c2cccc(CC(C)(C)C(=C)N3CCN(Cl)CC3)c2)C1. The number of halogens is 3. The highest BCUT2D eigenvalue weighted by molar-refractivity contribution is 6.13. The third-order valence-corrected chi connectivity index (χ3v) is 9.05. The van der Waals surface area contributed by atoms with Crippen LogP contribution in [0, 0.1) is 17.0 Å². The summed E-state index contributed by atoms with van der Waals surface area (Å²) in [5.41, 5.74) is 7.28. The van der Waals surface area contributed by atoms with Crippen molar-refractivity contribution in [3.8, 4) is 11.1 Å². The van der Waals surface area contributed by atoms with Gasteiger partial charge in [0.15, 0.2) is 11.6 Å². The van der Waals surface area contributed by atoms with Gasteiger partial charge in [-0.05, 0) is 77.1 Å². The topological polar surface area (TPSA) is 9.72 Å². The monoisotopic (exact) mass is 575 g/mol. The average molecular weight is 576 g/mol. The molecule has 3 aromatic carbocycles. The normalized spacial score (nSPS) is 18.4. The summed E-state index contributed by atoms with van der Waals surface area (Å²) in [7, 11) is 0. The standard InChI is InChI=1S/C35H40ClF2N3/c1-25(28-9-6-11-30(21-28)31-13-14-33(37)34(38)22-31)40-15-7-12-32(24-40)29-10-5-8-27(20-29)23-35(3,4)26(2)39-16-18-41(36)19-17-39/h5-6,8-11,13-14,20-22,32H,1-2,7,12,15-19,23-24H2,3-4H3. The van der Waals surface area contributed by atoms with Gasteiger partial charge < -0.3 is 9.80 Å². The maximum Gasteiger partial charge on any atom is 0.159 e. The zero-order valence-corrected chi connectivity index (χ0v) is 24.9. The molecule has 0 spiro atoms. The molecule has 1 unspecified atom stereocenters. The van der Waals surface area contributed by atoms with Crippen molar-refractivity contribution in [2.45, 2.75) is 39.0 Å². The van der Waals surface area contributed by atoms with E-state index in [1.165, 1.54) is 29.0 Å². The first-order valence-electron chi connectivity index (χ1n) is 14.5. The van der Waals surface area contributed by atoms with Gasteiger partial charge in [0.05, 0.1) is 0 Å². The van der Waals surface area contributed by atoms with Crippen molar-refractivity contribution in [3.05, 3.63) is 114 Å². The first kappa shape index (κ1) is 29.3. The summed E-state index contributed by atoms with van der Waals surface area (Å²) in [5.74, 6) is -1.26. The Kier molecular flexibility index (Phi) is 8.86. The Hall–Kier alpha value is -3.15. The summed E-state index contributed by atoms with van der Waals surface area (Å²) < 4.78 is 29.2. The second-order valence-electron chi connectivity index (χ2n) is 12.1. The molecule has 216 valence electrons. The fourth-order valence-corrected chi connectivity index (χ4v) is 6.33. The highest BCUT2D eigenvalue weighted by Gasteiger charge is 2.29. The van der Waals surface area contributed by atoms with Crippen LogP contribution in [-0.2, 0) is 6.42 Å². The van der Waals surface area contributed by atoms with Gasteiger partial charge in [0.2, 0.25) is 0 Å². The predicted octanol–water partition coefficient (Wildman–Crippen LogP) is 8.34. The van der Waals surface area contributed by atoms with E-state index in [1.807, 2.05) is 28.7 Å². The van der Waals surface area contributed by atoms with Crippen LogP contribution in [0.2, 0.25) is 0 Å². The summed E-state index contributed by atoms with van der Waals surface area (Å²) in [5, 5.41) is 0. The van der Waals surface area contributed by atoms with Gasteiger partial charge >= 0.3 is 0 Å². The molecule has 3 aromatic rings. The molecule has 2 aliphatic heterocycles. The van der Waals surface area contributed by atoms with E-state index in [2.05, 4.69) is 61.1 Å². The molecule has 3 nitrogen and oxygen atoms in total. The lowest BCUT2D eigenvalue weighted by Gasteiger charge is -2.40. The second-order valence-corrected chi connectivity index (χ2v) is 12.6. The van der Waals surface area contributed by atoms with E-state index in [1.54, 1.807) is 6.07 Å². The zero-order valence-electron chi connectivity index (χ0n) is 24.2. The smallest absolute Gasteiger partial charge is 0.159 e. The number of hydrogen-bond donors (Lipinski definition) is 0. The molecule has 2 aliphatic rings. The van der Waals surface area contributed by atoms with Gasteiger partial charge in [0, 0.05) is 62.0 Å². The van der Waals surface area contributed by atoms with E-state index >= 15 is 0 Å². The van der Waals surface area contributed by atoms with Crippen LogP contribution in [0.4, 0.5) is 8.78 Å². The van der Waals surface area contributed by atoms with Crippen molar-refractivity contribution in [3.63, 3.8) is 0 Å². The lowest BCUT2D eigenvalue weighted by Crippen LogP contribution is -2.44. The first-order valence-corrected chi connectivity index (χ1v) is 14.9. The molecule has 0 N–H and O–H groups in total. The maximum atomic E-state index is 13.9. The molecule has 6 heteroatoms. The largest absolute Gasteiger partial charge is 0.372 e. The number of allylic oxidation sites excluding steroid dienone is 1. The lowest BCUT2D eigenvalue weighted by molar-refractivity contribution is 0.191. The molecule has 0 aromatic heterocycles. The van der Waals surface area contributed by atoms with E-state index in [-0.39, 0.29) is 5.41 Å². The van der Waals surface area contributed by atoms with E-state index in [0.29, 0.717) is 11.5 Å². The number of piperidine rings is 1. The Balaban J connectivity index is 1.27. The molecule has 2 fully saturated rings. The number of piperazine rings is 1. The van der Waals surface area contributed by atoms with Gasteiger partial charge in [-0.15, -0.1) is 0 Å². The van der Waals surface area contributed by atoms with Crippen LogP contribution in [0.25, 0.3) is 16.8 Å². The third-order valence-electron chi connectivity index (χ3n) is 8.71. The number of rotatable bonds is 8. The lowest BCUT2D eigenvalue weighted by atomic mass is 9.80. The van der Waals surface area contributed by atoms with Gasteiger partial charge in [-0.1, -0.05) is 75.5 Å². The molecule has 1 atom stereocenters. The minimum Gasteiger partial charge on any atom is -0.372 e. The van der Waals surface area contributed by atoms with Crippen molar-refractivity contribution < 1.29 is 8.78 Å². The van der Waals surface area contributed by atoms with E-state index in [4.69, 9.17) is 11.8 Å². The van der Waals surface area contributed by atoms with Gasteiger partial charge in [0.1, 0.15) is 0 Å². The molecule has 0 amide bonds. The Morgan fingerprint density at radius 2 is 1.59 bits per heavy atom. The van der Waals surface area contributed by atoms with Crippen molar-refractivity contribution in [2.24, 2.45) is 5.41 Å². The van der Waals surface area contributed by atoms with Crippen LogP contribution in [0.1, 0.15) is 49.3 Å². The molecule has 0 saturated carbocycles. The second kappa shape index (κ2) is 12.4. The summed E-state index contributed by atoms with van der Waals surface area (Å²) in [4.78, 5) is 4.75. The highest BCUT2D eigenvalue weighted by atomic mass is 35.5. The van der Waals surface area contributed by atoms with Crippen LogP contribution in [-0.4, -0.2) is 53.5 Å². The third kappa shape index (κ3) is 6.85. The molecular weight excluding hydrogens is 536 g/mol. The Morgan fingerprint density at radius 3 is 2.34 bits per heavy atom. The maximum absolute atomic E-state index is 13.9. The van der Waals surface area contributed by atoms with E-state index in [0.717, 1.165) is 75.4 Å². The molecule has 0 aliphatic carbocycles. The number of nitrogens with zero attached hydrogens (tertiary/aromatic N) is 3. The van der Waals surface area contributed by atoms with Crippen LogP contribution >= 0.6 is 11.8 Å². The van der Waals surface area contributed by atoms with Crippen LogP contribution in [0.15, 0.2) is 85.6 Å². The average Bonchev–Trinajstić information content (AvgIpc) is 2.98. The quantitative estimate of drug-likeness (QED) is 0.250. The van der Waals surface area contributed by atoms with Gasteiger partial charge in [-0.2, -0.15) is 0 Å². The first-order chi connectivity index (χ1) is 19.6. The summed E-state index contributed by atoms with van der Waals surface area (Å²) in [6.45, 7) is 18.9. The number of likely N-dealkylation sites (tertiary alicyclic amines) is 1. The summed E-state index contributed by atoms with van der Waals surface area (Å²) in [6.07, 6.45) is 3.16.